The molecule has 1 heterocycles. The summed E-state index contributed by atoms with van der Waals surface area (Å²) < 4.78 is 12.1. The molecule has 1 aliphatic heterocycles. The maximum Gasteiger partial charge on any atom is 0.175 e. The summed E-state index contributed by atoms with van der Waals surface area (Å²) in [5.41, 5.74) is 7.37. The van der Waals surface area contributed by atoms with Gasteiger partial charge in [0.2, 0.25) is 0 Å². The van der Waals surface area contributed by atoms with E-state index in [-0.39, 0.29) is 5.54 Å². The van der Waals surface area contributed by atoms with Crippen LogP contribution in [0.25, 0.3) is 0 Å². The largest absolute Gasteiger partial charge is 0.486 e. The van der Waals surface area contributed by atoms with Crippen molar-refractivity contribution in [2.45, 2.75) is 24.8 Å². The molecule has 86 valence electrons. The van der Waals surface area contributed by atoms with Gasteiger partial charge in [-0.25, -0.2) is 0 Å². The van der Waals surface area contributed by atoms with E-state index in [9.17, 15) is 0 Å². The summed E-state index contributed by atoms with van der Waals surface area (Å²) in [5.74, 6) is 1.65. The fraction of sp³-hybridized carbons (Fsp3) is 0.500. The van der Waals surface area contributed by atoms with Crippen LogP contribution in [0.1, 0.15) is 18.4 Å². The highest BCUT2D eigenvalue weighted by Gasteiger charge is 2.38. The number of hydrogen-bond donors (Lipinski definition) is 1. The van der Waals surface area contributed by atoms with Crippen molar-refractivity contribution >= 4 is 15.9 Å². The van der Waals surface area contributed by atoms with Crippen LogP contribution in [0.3, 0.4) is 0 Å². The summed E-state index contributed by atoms with van der Waals surface area (Å²) in [6.45, 7) is 1.24. The molecule has 0 spiro atoms. The van der Waals surface area contributed by atoms with E-state index in [2.05, 4.69) is 22.0 Å². The van der Waals surface area contributed by atoms with Gasteiger partial charge in [-0.15, -0.1) is 0 Å². The van der Waals surface area contributed by atoms with Gasteiger partial charge >= 0.3 is 0 Å². The smallest absolute Gasteiger partial charge is 0.175 e. The van der Waals surface area contributed by atoms with Crippen molar-refractivity contribution < 1.29 is 9.47 Å². The maximum atomic E-state index is 6.12. The van der Waals surface area contributed by atoms with E-state index < -0.39 is 0 Å². The third-order valence-electron chi connectivity index (χ3n) is 3.11. The second kappa shape index (κ2) is 3.64. The van der Waals surface area contributed by atoms with Crippen molar-refractivity contribution in [2.75, 3.05) is 13.2 Å². The molecule has 1 aromatic rings. The fourth-order valence-electron chi connectivity index (χ4n) is 2.01. The number of ether oxygens (including phenoxy) is 2. The zero-order valence-electron chi connectivity index (χ0n) is 8.96. The van der Waals surface area contributed by atoms with E-state index in [1.54, 1.807) is 0 Å². The Labute approximate surface area is 103 Å². The Bertz CT molecular complexity index is 429. The van der Waals surface area contributed by atoms with Crippen LogP contribution >= 0.6 is 15.9 Å². The van der Waals surface area contributed by atoms with E-state index in [0.717, 1.165) is 35.2 Å². The Hall–Kier alpha value is -0.740. The molecule has 1 aliphatic carbocycles. The van der Waals surface area contributed by atoms with Crippen molar-refractivity contribution in [3.63, 3.8) is 0 Å². The Morgan fingerprint density at radius 1 is 1.25 bits per heavy atom. The number of hydrogen-bond acceptors (Lipinski definition) is 3. The lowest BCUT2D eigenvalue weighted by molar-refractivity contribution is 0.170. The Morgan fingerprint density at radius 2 is 2.00 bits per heavy atom. The van der Waals surface area contributed by atoms with Gasteiger partial charge in [0.25, 0.3) is 0 Å². The van der Waals surface area contributed by atoms with Gasteiger partial charge < -0.3 is 15.2 Å². The summed E-state index contributed by atoms with van der Waals surface area (Å²) in [7, 11) is 0. The molecule has 2 aliphatic rings. The van der Waals surface area contributed by atoms with Crippen LogP contribution in [-0.4, -0.2) is 18.8 Å². The van der Waals surface area contributed by atoms with Crippen molar-refractivity contribution in [3.05, 3.63) is 22.2 Å². The molecule has 0 bridgehead atoms. The maximum absolute atomic E-state index is 6.12. The molecule has 1 saturated carbocycles. The first-order chi connectivity index (χ1) is 7.66. The Morgan fingerprint density at radius 3 is 2.75 bits per heavy atom. The summed E-state index contributed by atoms with van der Waals surface area (Å²) >= 11 is 3.51. The Kier molecular flexibility index (Phi) is 2.37. The van der Waals surface area contributed by atoms with Gasteiger partial charge in [-0.1, -0.05) is 0 Å². The van der Waals surface area contributed by atoms with E-state index in [0.29, 0.717) is 13.2 Å². The average Bonchev–Trinajstić information content (AvgIpc) is 2.96. The lowest BCUT2D eigenvalue weighted by atomic mass is 10.0. The summed E-state index contributed by atoms with van der Waals surface area (Å²) in [5, 5.41) is 0. The lowest BCUT2D eigenvalue weighted by Gasteiger charge is -2.21. The van der Waals surface area contributed by atoms with Crippen LogP contribution in [0.2, 0.25) is 0 Å². The van der Waals surface area contributed by atoms with Gasteiger partial charge in [0.1, 0.15) is 13.2 Å². The molecule has 16 heavy (non-hydrogen) atoms. The minimum atomic E-state index is 0.0310. The van der Waals surface area contributed by atoms with Crippen molar-refractivity contribution in [1.82, 2.24) is 0 Å². The van der Waals surface area contributed by atoms with E-state index in [4.69, 9.17) is 15.2 Å². The molecular weight excluding hydrogens is 270 g/mol. The summed E-state index contributed by atoms with van der Waals surface area (Å²) in [6.07, 6.45) is 3.17. The van der Waals surface area contributed by atoms with Crippen LogP contribution < -0.4 is 15.2 Å². The number of benzene rings is 1. The van der Waals surface area contributed by atoms with Gasteiger partial charge in [-0.3, -0.25) is 0 Å². The predicted molar refractivity (Wildman–Crippen MR) is 65.0 cm³/mol. The van der Waals surface area contributed by atoms with Gasteiger partial charge in [-0.05, 0) is 52.9 Å². The molecule has 0 unspecified atom stereocenters. The molecule has 0 atom stereocenters. The fourth-order valence-corrected chi connectivity index (χ4v) is 2.61. The average molecular weight is 284 g/mol. The molecule has 3 nitrogen and oxygen atoms in total. The van der Waals surface area contributed by atoms with Gasteiger partial charge in [0.15, 0.2) is 11.5 Å². The molecule has 1 fully saturated rings. The first-order valence-corrected chi connectivity index (χ1v) is 6.33. The minimum absolute atomic E-state index is 0.0310. The minimum Gasteiger partial charge on any atom is -0.486 e. The molecular formula is C12H14BrNO2. The van der Waals surface area contributed by atoms with Crippen molar-refractivity contribution in [2.24, 2.45) is 5.73 Å². The van der Waals surface area contributed by atoms with Crippen molar-refractivity contribution in [3.8, 4) is 11.5 Å². The van der Waals surface area contributed by atoms with E-state index in [1.165, 1.54) is 5.56 Å². The highest BCUT2D eigenvalue weighted by molar-refractivity contribution is 9.10. The molecule has 0 saturated heterocycles. The molecule has 0 radical (unpaired) electrons. The summed E-state index contributed by atoms with van der Waals surface area (Å²) in [6, 6.07) is 4.13. The third-order valence-corrected chi connectivity index (χ3v) is 3.69. The first-order valence-electron chi connectivity index (χ1n) is 5.53. The molecule has 2 N–H and O–H groups in total. The normalized spacial score (nSPS) is 20.6. The molecule has 1 aromatic carbocycles. The SMILES string of the molecule is NC1(Cc2cc(Br)c3c(c2)OCCO3)CC1. The van der Waals surface area contributed by atoms with Crippen LogP contribution in [0.5, 0.6) is 11.5 Å². The highest BCUT2D eigenvalue weighted by atomic mass is 79.9. The van der Waals surface area contributed by atoms with Gasteiger partial charge in [0.05, 0.1) is 4.47 Å². The Balaban J connectivity index is 1.92. The molecule has 0 amide bonds. The first kappa shape index (κ1) is 10.4. The molecule has 0 aromatic heterocycles. The van der Waals surface area contributed by atoms with Crippen LogP contribution in [-0.2, 0) is 6.42 Å². The zero-order valence-corrected chi connectivity index (χ0v) is 10.5. The highest BCUT2D eigenvalue weighted by Crippen LogP contribution is 2.41. The summed E-state index contributed by atoms with van der Waals surface area (Å²) in [4.78, 5) is 0. The van der Waals surface area contributed by atoms with Crippen molar-refractivity contribution in [1.29, 1.82) is 0 Å². The lowest BCUT2D eigenvalue weighted by Crippen LogP contribution is -2.24. The third kappa shape index (κ3) is 1.92. The van der Waals surface area contributed by atoms with Crippen LogP contribution in [0, 0.1) is 0 Å². The van der Waals surface area contributed by atoms with Gasteiger partial charge in [-0.2, -0.15) is 0 Å². The second-order valence-corrected chi connectivity index (χ2v) is 5.50. The number of fused-ring (bicyclic) bond motifs is 1. The van der Waals surface area contributed by atoms with Gasteiger partial charge in [0, 0.05) is 5.54 Å². The standard InChI is InChI=1S/C12H14BrNO2/c13-9-5-8(7-12(14)1-2-12)6-10-11(9)16-4-3-15-10/h5-6H,1-4,7,14H2. The molecule has 3 rings (SSSR count). The number of halogens is 1. The quantitative estimate of drug-likeness (QED) is 0.906. The number of nitrogens with two attached hydrogens (primary N) is 1. The zero-order chi connectivity index (χ0) is 11.2. The van der Waals surface area contributed by atoms with Crippen LogP contribution in [0.15, 0.2) is 16.6 Å². The van der Waals surface area contributed by atoms with Crippen LogP contribution in [0.4, 0.5) is 0 Å². The van der Waals surface area contributed by atoms with E-state index >= 15 is 0 Å². The topological polar surface area (TPSA) is 44.5 Å². The molecule has 4 heteroatoms. The predicted octanol–water partition coefficient (Wildman–Crippen LogP) is 2.25. The monoisotopic (exact) mass is 283 g/mol. The number of rotatable bonds is 2. The van der Waals surface area contributed by atoms with E-state index in [1.807, 2.05) is 6.07 Å². The second-order valence-electron chi connectivity index (χ2n) is 4.64.